The molecule has 2 atom stereocenters. The summed E-state index contributed by atoms with van der Waals surface area (Å²) in [6.07, 6.45) is -0.842. The molecule has 0 bridgehead atoms. The van der Waals surface area contributed by atoms with E-state index in [0.29, 0.717) is 22.9 Å². The number of benzene rings is 3. The largest absolute Gasteiger partial charge is 0.454 e. The fourth-order valence-electron chi connectivity index (χ4n) is 4.29. The lowest BCUT2D eigenvalue weighted by Gasteiger charge is -2.32. The number of hydrogen-bond donors (Lipinski definition) is 0. The van der Waals surface area contributed by atoms with E-state index >= 15 is 0 Å². The molecule has 0 saturated carbocycles. The Morgan fingerprint density at radius 1 is 0.711 bits per heavy atom. The Bertz CT molecular complexity index is 1310. The molecule has 0 aliphatic heterocycles. The van der Waals surface area contributed by atoms with Gasteiger partial charge >= 0.3 is 23.9 Å². The minimum Gasteiger partial charge on any atom is -0.454 e. The van der Waals surface area contributed by atoms with Crippen molar-refractivity contribution >= 4 is 39.8 Å². The molecule has 0 fully saturated rings. The summed E-state index contributed by atoms with van der Waals surface area (Å²) >= 11 is 3.31. The van der Waals surface area contributed by atoms with Crippen LogP contribution in [0.1, 0.15) is 51.3 Å². The van der Waals surface area contributed by atoms with Crippen molar-refractivity contribution in [2.75, 3.05) is 0 Å². The lowest BCUT2D eigenvalue weighted by Crippen LogP contribution is -2.41. The monoisotopic (exact) mass is 580 g/mol. The van der Waals surface area contributed by atoms with Crippen LogP contribution in [0.2, 0.25) is 0 Å². The lowest BCUT2D eigenvalue weighted by atomic mass is 9.87. The smallest absolute Gasteiger partial charge is 0.338 e. The molecule has 0 heterocycles. The van der Waals surface area contributed by atoms with Crippen LogP contribution in [-0.2, 0) is 31.9 Å². The first kappa shape index (κ1) is 27.1. The van der Waals surface area contributed by atoms with E-state index in [4.69, 9.17) is 18.9 Å². The molecule has 38 heavy (non-hydrogen) atoms. The lowest BCUT2D eigenvalue weighted by molar-refractivity contribution is -0.132. The molecule has 0 saturated heterocycles. The number of halogens is 1. The summed E-state index contributed by atoms with van der Waals surface area (Å²) in [6, 6.07) is 16.9. The fourth-order valence-corrected chi connectivity index (χ4v) is 4.77. The summed E-state index contributed by atoms with van der Waals surface area (Å²) in [5.41, 5.74) is 3.07. The normalized spacial score (nSPS) is 16.1. The molecule has 1 aliphatic rings. The van der Waals surface area contributed by atoms with Crippen molar-refractivity contribution in [2.45, 2.75) is 45.8 Å². The standard InChI is InChI=1S/C29H25BrO8/c1-16-8-21(11-24(9-16)35-17(2)31)28(33)37-26-13-19-6-4-5-7-20(19)14-27(26)38-29(34)22-10-23(30)15-25(12-22)36-18(3)32/h4-12,15,26-27H,13-14H2,1-3H3. The van der Waals surface area contributed by atoms with E-state index in [9.17, 15) is 19.2 Å². The van der Waals surface area contributed by atoms with Crippen LogP contribution in [0.3, 0.4) is 0 Å². The highest BCUT2D eigenvalue weighted by molar-refractivity contribution is 9.10. The van der Waals surface area contributed by atoms with Crippen molar-refractivity contribution in [1.82, 2.24) is 0 Å². The summed E-state index contributed by atoms with van der Waals surface area (Å²) in [5, 5.41) is 0. The number of rotatable bonds is 6. The van der Waals surface area contributed by atoms with E-state index in [-0.39, 0.29) is 22.6 Å². The molecule has 1 aliphatic carbocycles. The third-order valence-electron chi connectivity index (χ3n) is 5.81. The Balaban J connectivity index is 1.58. The third kappa shape index (κ3) is 6.86. The number of ether oxygens (including phenoxy) is 4. The predicted octanol–water partition coefficient (Wildman–Crippen LogP) is 5.16. The van der Waals surface area contributed by atoms with Crippen molar-refractivity contribution in [3.63, 3.8) is 0 Å². The van der Waals surface area contributed by atoms with E-state index in [0.717, 1.165) is 11.1 Å². The summed E-state index contributed by atoms with van der Waals surface area (Å²) in [4.78, 5) is 49.0. The quantitative estimate of drug-likeness (QED) is 0.291. The maximum Gasteiger partial charge on any atom is 0.338 e. The zero-order valence-electron chi connectivity index (χ0n) is 21.0. The molecular weight excluding hydrogens is 556 g/mol. The van der Waals surface area contributed by atoms with Crippen molar-refractivity contribution in [3.05, 3.63) is 93.0 Å². The second-order valence-corrected chi connectivity index (χ2v) is 9.88. The molecule has 0 amide bonds. The van der Waals surface area contributed by atoms with Crippen LogP contribution in [0.15, 0.2) is 65.1 Å². The van der Waals surface area contributed by atoms with E-state index in [2.05, 4.69) is 15.9 Å². The van der Waals surface area contributed by atoms with Gasteiger partial charge in [0.05, 0.1) is 11.1 Å². The molecule has 0 aromatic heterocycles. The molecule has 0 radical (unpaired) electrons. The Labute approximate surface area is 228 Å². The second kappa shape index (κ2) is 11.6. The topological polar surface area (TPSA) is 105 Å². The molecule has 0 spiro atoms. The number of carbonyl (C=O) groups is 4. The van der Waals surface area contributed by atoms with Gasteiger partial charge in [-0.25, -0.2) is 9.59 Å². The zero-order chi connectivity index (χ0) is 27.4. The molecule has 3 aromatic carbocycles. The van der Waals surface area contributed by atoms with Gasteiger partial charge in [-0.15, -0.1) is 0 Å². The summed E-state index contributed by atoms with van der Waals surface area (Å²) < 4.78 is 22.5. The Morgan fingerprint density at radius 2 is 1.18 bits per heavy atom. The Morgan fingerprint density at radius 3 is 1.68 bits per heavy atom. The van der Waals surface area contributed by atoms with Crippen LogP contribution in [0, 0.1) is 6.92 Å². The van der Waals surface area contributed by atoms with Gasteiger partial charge < -0.3 is 18.9 Å². The first-order valence-electron chi connectivity index (χ1n) is 11.9. The molecule has 9 heteroatoms. The van der Waals surface area contributed by atoms with Crippen molar-refractivity contribution in [2.24, 2.45) is 0 Å². The Hall–Kier alpha value is -3.98. The van der Waals surface area contributed by atoms with E-state index < -0.39 is 36.1 Å². The molecule has 8 nitrogen and oxygen atoms in total. The number of hydrogen-bond acceptors (Lipinski definition) is 8. The minimum atomic E-state index is -0.768. The molecule has 4 rings (SSSR count). The first-order valence-corrected chi connectivity index (χ1v) is 12.6. The maximum absolute atomic E-state index is 13.2. The van der Waals surface area contributed by atoms with Gasteiger partial charge in [0.2, 0.25) is 0 Å². The second-order valence-electron chi connectivity index (χ2n) is 8.96. The van der Waals surface area contributed by atoms with Gasteiger partial charge in [0.1, 0.15) is 23.7 Å². The maximum atomic E-state index is 13.2. The molecule has 2 unspecified atom stereocenters. The van der Waals surface area contributed by atoms with E-state index in [1.54, 1.807) is 31.2 Å². The van der Waals surface area contributed by atoms with Crippen molar-refractivity contribution < 1.29 is 38.1 Å². The third-order valence-corrected chi connectivity index (χ3v) is 6.27. The average molecular weight is 581 g/mol. The highest BCUT2D eigenvalue weighted by atomic mass is 79.9. The fraction of sp³-hybridized carbons (Fsp3) is 0.241. The van der Waals surface area contributed by atoms with Gasteiger partial charge in [-0.05, 0) is 60.0 Å². The van der Waals surface area contributed by atoms with Crippen molar-refractivity contribution in [1.29, 1.82) is 0 Å². The van der Waals surface area contributed by atoms with Crippen LogP contribution in [0.4, 0.5) is 0 Å². The minimum absolute atomic E-state index is 0.171. The number of aryl methyl sites for hydroxylation is 1. The summed E-state index contributed by atoms with van der Waals surface area (Å²) in [7, 11) is 0. The van der Waals surface area contributed by atoms with E-state index in [1.165, 1.54) is 26.0 Å². The molecule has 196 valence electrons. The number of fused-ring (bicyclic) bond motifs is 1. The van der Waals surface area contributed by atoms with Crippen LogP contribution >= 0.6 is 15.9 Å². The van der Waals surface area contributed by atoms with Crippen LogP contribution in [0.25, 0.3) is 0 Å². The van der Waals surface area contributed by atoms with Crippen LogP contribution in [-0.4, -0.2) is 36.1 Å². The van der Waals surface area contributed by atoms with E-state index in [1.807, 2.05) is 24.3 Å². The van der Waals surface area contributed by atoms with Gasteiger partial charge in [-0.2, -0.15) is 0 Å². The summed E-state index contributed by atoms with van der Waals surface area (Å²) in [6.45, 7) is 4.31. The average Bonchev–Trinajstić information content (AvgIpc) is 2.82. The SMILES string of the molecule is CC(=O)Oc1cc(C)cc(C(=O)OC2Cc3ccccc3CC2OC(=O)c2cc(Br)cc(OC(C)=O)c2)c1. The zero-order valence-corrected chi connectivity index (χ0v) is 22.6. The first-order chi connectivity index (χ1) is 18.1. The van der Waals surface area contributed by atoms with Gasteiger partial charge in [0.25, 0.3) is 0 Å². The molecular formula is C29H25BrO8. The van der Waals surface area contributed by atoms with Gasteiger partial charge in [0.15, 0.2) is 0 Å². The van der Waals surface area contributed by atoms with Gasteiger partial charge in [0, 0.05) is 31.2 Å². The predicted molar refractivity (Wildman–Crippen MR) is 140 cm³/mol. The Kier molecular flexibility index (Phi) is 8.26. The van der Waals surface area contributed by atoms with Crippen LogP contribution < -0.4 is 9.47 Å². The molecule has 3 aromatic rings. The van der Waals surface area contributed by atoms with Gasteiger partial charge in [-0.1, -0.05) is 40.2 Å². The highest BCUT2D eigenvalue weighted by Gasteiger charge is 2.35. The van der Waals surface area contributed by atoms with Crippen molar-refractivity contribution in [3.8, 4) is 11.5 Å². The molecule has 0 N–H and O–H groups in total. The highest BCUT2D eigenvalue weighted by Crippen LogP contribution is 2.29. The van der Waals surface area contributed by atoms with Gasteiger partial charge in [-0.3, -0.25) is 9.59 Å². The number of esters is 4. The summed E-state index contributed by atoms with van der Waals surface area (Å²) in [5.74, 6) is -1.88. The number of carbonyl (C=O) groups excluding carboxylic acids is 4. The van der Waals surface area contributed by atoms with Crippen LogP contribution in [0.5, 0.6) is 11.5 Å².